The van der Waals surface area contributed by atoms with Gasteiger partial charge in [-0.1, -0.05) is 28.9 Å². The van der Waals surface area contributed by atoms with Crippen molar-refractivity contribution in [1.29, 1.82) is 0 Å². The number of hydrogen-bond donors (Lipinski definition) is 2. The summed E-state index contributed by atoms with van der Waals surface area (Å²) in [4.78, 5) is 51.6. The average molecular weight is 642 g/mol. The molecule has 16 heteroatoms. The van der Waals surface area contributed by atoms with Crippen molar-refractivity contribution < 1.29 is 55.8 Å². The van der Waals surface area contributed by atoms with Gasteiger partial charge < -0.3 is 29.3 Å². The van der Waals surface area contributed by atoms with Crippen LogP contribution in [0.5, 0.6) is 5.75 Å². The zero-order valence-corrected chi connectivity index (χ0v) is 23.4. The summed E-state index contributed by atoms with van der Waals surface area (Å²) in [6.45, 7) is -1.38. The summed E-state index contributed by atoms with van der Waals surface area (Å²) in [5.41, 5.74) is 0.437. The highest BCUT2D eigenvalue weighted by Gasteiger charge is 2.32. The molecular weight excluding hydrogens is 618 g/mol. The Balaban J connectivity index is 1.44. The maximum Gasteiger partial charge on any atom is 0.303 e. The number of ether oxygens (including phenoxy) is 2. The van der Waals surface area contributed by atoms with Crippen LogP contribution in [0.2, 0.25) is 5.02 Å². The molecule has 0 unspecified atom stereocenters. The Kier molecular flexibility index (Phi) is 10.5. The Hall–Kier alpha value is -4.50. The van der Waals surface area contributed by atoms with Crippen LogP contribution in [0.4, 0.5) is 17.6 Å². The first-order chi connectivity index (χ1) is 21.0. The molecular formula is C28H24ClF4N3O8. The fourth-order valence-electron chi connectivity index (χ4n) is 4.27. The monoisotopic (exact) mass is 641 g/mol. The minimum atomic E-state index is -1.88. The first kappa shape index (κ1) is 32.4. The van der Waals surface area contributed by atoms with Gasteiger partial charge in [0.15, 0.2) is 34.6 Å². The third-order valence-corrected chi connectivity index (χ3v) is 6.90. The number of carbonyl (C=O) groups is 4. The van der Waals surface area contributed by atoms with Crippen molar-refractivity contribution in [2.24, 2.45) is 5.92 Å². The molecule has 1 aliphatic heterocycles. The van der Waals surface area contributed by atoms with E-state index in [-0.39, 0.29) is 43.8 Å². The topological polar surface area (TPSA) is 148 Å². The lowest BCUT2D eigenvalue weighted by molar-refractivity contribution is -0.138. The molecule has 0 bridgehead atoms. The molecule has 11 nitrogen and oxygen atoms in total. The zero-order chi connectivity index (χ0) is 32.0. The fourth-order valence-corrected chi connectivity index (χ4v) is 4.50. The predicted molar refractivity (Wildman–Crippen MR) is 143 cm³/mol. The lowest BCUT2D eigenvalue weighted by atomic mass is 10.0. The van der Waals surface area contributed by atoms with Gasteiger partial charge in [0, 0.05) is 37.2 Å². The van der Waals surface area contributed by atoms with Crippen LogP contribution < -0.4 is 10.1 Å². The number of carboxylic acid groups (broad SMARTS) is 1. The third kappa shape index (κ3) is 7.71. The Morgan fingerprint density at radius 1 is 1.11 bits per heavy atom. The van der Waals surface area contributed by atoms with E-state index >= 15 is 0 Å². The van der Waals surface area contributed by atoms with Crippen molar-refractivity contribution in [3.8, 4) is 17.1 Å². The number of aromatic nitrogens is 1. The highest BCUT2D eigenvalue weighted by molar-refractivity contribution is 6.33. The van der Waals surface area contributed by atoms with Crippen molar-refractivity contribution in [3.63, 3.8) is 0 Å². The van der Waals surface area contributed by atoms with Crippen LogP contribution in [-0.4, -0.2) is 77.7 Å². The predicted octanol–water partition coefficient (Wildman–Crippen LogP) is 3.64. The van der Waals surface area contributed by atoms with E-state index < -0.39 is 84.0 Å². The molecule has 1 fully saturated rings. The normalized spacial score (nSPS) is 15.8. The van der Waals surface area contributed by atoms with Gasteiger partial charge in [0.05, 0.1) is 30.2 Å². The molecule has 0 radical (unpaired) electrons. The number of benzene rings is 2. The summed E-state index contributed by atoms with van der Waals surface area (Å²) >= 11 is 6.18. The van der Waals surface area contributed by atoms with Crippen molar-refractivity contribution in [2.75, 3.05) is 32.9 Å². The molecule has 2 amide bonds. The van der Waals surface area contributed by atoms with Crippen LogP contribution in [0, 0.1) is 29.2 Å². The first-order valence-electron chi connectivity index (χ1n) is 13.1. The first-order valence-corrected chi connectivity index (χ1v) is 13.4. The van der Waals surface area contributed by atoms with Crippen LogP contribution >= 0.6 is 11.6 Å². The number of carboxylic acids is 1. The summed E-state index contributed by atoms with van der Waals surface area (Å²) in [6, 6.07) is 6.56. The standard InChI is InChI=1S/C28H24ClF4N3O8/c29-16-4-2-1-3-15(16)22-10-20(35-44-22)28(41)36-7-8-42-12-14(11-36)27(40)34-19(5-6-23(38)39)21(37)13-43-26-24(32)17(30)9-18(31)25(26)33/h1-4,9-10,14,19H,5-8,11-13H2,(H,34,40)(H,38,39)/t14-,19-/m0/s1. The van der Waals surface area contributed by atoms with Gasteiger partial charge in [-0.05, 0) is 18.6 Å². The minimum Gasteiger partial charge on any atom is -0.481 e. The zero-order valence-electron chi connectivity index (χ0n) is 22.7. The molecule has 2 aromatic carbocycles. The average Bonchev–Trinajstić information content (AvgIpc) is 3.34. The van der Waals surface area contributed by atoms with Gasteiger partial charge in [-0.15, -0.1) is 0 Å². The van der Waals surface area contributed by atoms with E-state index in [2.05, 4.69) is 15.2 Å². The second kappa shape index (κ2) is 14.3. The van der Waals surface area contributed by atoms with Gasteiger partial charge >= 0.3 is 5.97 Å². The molecule has 2 heterocycles. The smallest absolute Gasteiger partial charge is 0.303 e. The molecule has 0 aliphatic carbocycles. The molecule has 0 saturated carbocycles. The molecule has 44 heavy (non-hydrogen) atoms. The van der Waals surface area contributed by atoms with E-state index in [4.69, 9.17) is 26.0 Å². The van der Waals surface area contributed by atoms with Crippen molar-refractivity contribution in [2.45, 2.75) is 18.9 Å². The van der Waals surface area contributed by atoms with Crippen LogP contribution in [0.25, 0.3) is 11.3 Å². The highest BCUT2D eigenvalue weighted by Crippen LogP contribution is 2.29. The molecule has 1 saturated heterocycles. The van der Waals surface area contributed by atoms with E-state index in [0.717, 1.165) is 0 Å². The Morgan fingerprint density at radius 3 is 2.50 bits per heavy atom. The van der Waals surface area contributed by atoms with Crippen molar-refractivity contribution >= 4 is 35.2 Å². The van der Waals surface area contributed by atoms with E-state index in [0.29, 0.717) is 10.6 Å². The summed E-state index contributed by atoms with van der Waals surface area (Å²) in [7, 11) is 0. The number of aliphatic carboxylic acids is 1. The number of hydrogen-bond acceptors (Lipinski definition) is 8. The Bertz CT molecular complexity index is 1540. The SMILES string of the molecule is O=C(O)CC[C@H](NC(=O)[C@@H]1COCCN(C(=O)c2cc(-c3ccccc3Cl)on2)C1)C(=O)COc1c(F)c(F)cc(F)c1F. The molecule has 2 N–H and O–H groups in total. The highest BCUT2D eigenvalue weighted by atomic mass is 35.5. The van der Waals surface area contributed by atoms with Gasteiger partial charge in [0.25, 0.3) is 5.91 Å². The quantitative estimate of drug-likeness (QED) is 0.236. The molecule has 2 atom stereocenters. The van der Waals surface area contributed by atoms with Gasteiger partial charge in [0.2, 0.25) is 17.5 Å². The summed E-state index contributed by atoms with van der Waals surface area (Å²) in [5, 5.41) is 15.6. The Morgan fingerprint density at radius 2 is 1.82 bits per heavy atom. The molecule has 3 aromatic rings. The molecule has 234 valence electrons. The van der Waals surface area contributed by atoms with Crippen LogP contribution in [0.3, 0.4) is 0 Å². The number of rotatable bonds is 11. The number of carbonyl (C=O) groups excluding carboxylic acids is 3. The van der Waals surface area contributed by atoms with E-state index in [1.807, 2.05) is 0 Å². The maximum absolute atomic E-state index is 13.9. The summed E-state index contributed by atoms with van der Waals surface area (Å²) < 4.78 is 70.3. The number of nitrogens with one attached hydrogen (secondary N) is 1. The van der Waals surface area contributed by atoms with Gasteiger partial charge in [0.1, 0.15) is 6.61 Å². The number of nitrogens with zero attached hydrogens (tertiary/aromatic N) is 2. The lowest BCUT2D eigenvalue weighted by Gasteiger charge is -2.24. The number of halogens is 5. The van der Waals surface area contributed by atoms with Gasteiger partial charge in [-0.25, -0.2) is 8.78 Å². The van der Waals surface area contributed by atoms with E-state index in [9.17, 15) is 36.7 Å². The van der Waals surface area contributed by atoms with E-state index in [1.165, 1.54) is 11.0 Å². The number of amides is 2. The molecule has 1 aliphatic rings. The largest absolute Gasteiger partial charge is 0.481 e. The van der Waals surface area contributed by atoms with E-state index in [1.54, 1.807) is 24.3 Å². The van der Waals surface area contributed by atoms with Crippen LogP contribution in [-0.2, 0) is 19.1 Å². The van der Waals surface area contributed by atoms with Crippen LogP contribution in [0.15, 0.2) is 40.9 Å². The maximum atomic E-state index is 13.9. The minimum absolute atomic E-state index is 0.0431. The fraction of sp³-hybridized carbons (Fsp3) is 0.321. The second-order valence-electron chi connectivity index (χ2n) is 9.63. The van der Waals surface area contributed by atoms with Crippen molar-refractivity contribution in [1.82, 2.24) is 15.4 Å². The third-order valence-electron chi connectivity index (χ3n) is 6.57. The molecule has 1 aromatic heterocycles. The lowest BCUT2D eigenvalue weighted by Crippen LogP contribution is -2.48. The number of ketones is 1. The summed E-state index contributed by atoms with van der Waals surface area (Å²) in [6.07, 6.45) is -1.05. The van der Waals surface area contributed by atoms with Crippen LogP contribution in [0.1, 0.15) is 23.3 Å². The second-order valence-corrected chi connectivity index (χ2v) is 10.0. The Labute approximate surface area is 251 Å². The molecule has 4 rings (SSSR count). The van der Waals surface area contributed by atoms with Gasteiger partial charge in [-0.2, -0.15) is 8.78 Å². The van der Waals surface area contributed by atoms with Gasteiger partial charge in [-0.3, -0.25) is 19.2 Å². The van der Waals surface area contributed by atoms with Crippen molar-refractivity contribution in [3.05, 3.63) is 70.4 Å². The summed E-state index contributed by atoms with van der Waals surface area (Å²) in [5.74, 6) is -13.3. The number of Topliss-reactive ketones (excluding diaryl/α,β-unsaturated/α-hetero) is 1. The molecule has 0 spiro atoms.